The molecular formula is C16H16N2OS. The first-order valence-electron chi connectivity index (χ1n) is 6.66. The van der Waals surface area contributed by atoms with Crippen molar-refractivity contribution in [1.82, 2.24) is 0 Å². The molecule has 1 atom stereocenters. The Kier molecular flexibility index (Phi) is 3.49. The molecule has 0 bridgehead atoms. The summed E-state index contributed by atoms with van der Waals surface area (Å²) in [6.07, 6.45) is 0. The molecule has 20 heavy (non-hydrogen) atoms. The van der Waals surface area contributed by atoms with E-state index in [1.54, 1.807) is 23.6 Å². The lowest BCUT2D eigenvalue weighted by Gasteiger charge is -2.22. The van der Waals surface area contributed by atoms with Gasteiger partial charge in [-0.3, -0.25) is 14.7 Å². The summed E-state index contributed by atoms with van der Waals surface area (Å²) in [6.45, 7) is 4.49. The van der Waals surface area contributed by atoms with Crippen molar-refractivity contribution in [1.29, 1.82) is 0 Å². The third-order valence-electron chi connectivity index (χ3n) is 3.30. The summed E-state index contributed by atoms with van der Waals surface area (Å²) < 4.78 is 0. The quantitative estimate of drug-likeness (QED) is 0.800. The Labute approximate surface area is 122 Å². The van der Waals surface area contributed by atoms with Gasteiger partial charge in [0.2, 0.25) is 5.91 Å². The topological polar surface area (TPSA) is 32.7 Å². The predicted octanol–water partition coefficient (Wildman–Crippen LogP) is 3.68. The lowest BCUT2D eigenvalue weighted by atomic mass is 10.1. The fraction of sp³-hybridized carbons (Fsp3) is 0.250. The van der Waals surface area contributed by atoms with Crippen LogP contribution in [0.1, 0.15) is 13.8 Å². The van der Waals surface area contributed by atoms with Crippen molar-refractivity contribution in [2.75, 3.05) is 11.4 Å². The van der Waals surface area contributed by atoms with Gasteiger partial charge in [0.05, 0.1) is 12.2 Å². The molecule has 102 valence electrons. The zero-order chi connectivity index (χ0) is 14.1. The largest absolute Gasteiger partial charge is 0.274 e. The molecular weight excluding hydrogens is 268 g/mol. The normalized spacial score (nSPS) is 18.1. The molecule has 1 aliphatic rings. The number of fused-ring (bicyclic) bond motifs is 1. The van der Waals surface area contributed by atoms with E-state index in [1.807, 2.05) is 30.3 Å². The number of carbonyl (C=O) groups is 1. The molecule has 3 nitrogen and oxygen atoms in total. The smallest absolute Gasteiger partial charge is 0.230 e. The number of amides is 1. The molecule has 0 saturated heterocycles. The molecule has 4 heteroatoms. The van der Waals surface area contributed by atoms with Crippen LogP contribution in [-0.2, 0) is 4.79 Å². The Morgan fingerprint density at radius 2 is 2.00 bits per heavy atom. The summed E-state index contributed by atoms with van der Waals surface area (Å²) in [5.74, 6) is 0.00158. The van der Waals surface area contributed by atoms with E-state index in [-0.39, 0.29) is 5.91 Å². The van der Waals surface area contributed by atoms with E-state index in [0.29, 0.717) is 5.25 Å². The summed E-state index contributed by atoms with van der Waals surface area (Å²) in [7, 11) is 0. The molecule has 1 amide bonds. The number of anilines is 1. The molecule has 1 aliphatic heterocycles. The second-order valence-electron chi connectivity index (χ2n) is 4.90. The summed E-state index contributed by atoms with van der Waals surface area (Å²) in [5, 5.41) is 3.45. The second kappa shape index (κ2) is 5.29. The molecule has 0 N–H and O–H groups in total. The third kappa shape index (κ3) is 2.31. The van der Waals surface area contributed by atoms with Crippen LogP contribution in [0.5, 0.6) is 0 Å². The number of carbonyl (C=O) groups excluding carboxylic acids is 1. The van der Waals surface area contributed by atoms with E-state index in [1.165, 1.54) is 0 Å². The number of hydrogen-bond donors (Lipinski definition) is 0. The predicted molar refractivity (Wildman–Crippen MR) is 86.5 cm³/mol. The van der Waals surface area contributed by atoms with Crippen LogP contribution in [0.15, 0.2) is 47.5 Å². The zero-order valence-corrected chi connectivity index (χ0v) is 12.4. The lowest BCUT2D eigenvalue weighted by molar-refractivity contribution is -0.115. The van der Waals surface area contributed by atoms with E-state index in [4.69, 9.17) is 0 Å². The minimum Gasteiger partial charge on any atom is -0.274 e. The highest BCUT2D eigenvalue weighted by Crippen LogP contribution is 2.32. The summed E-state index contributed by atoms with van der Waals surface area (Å²) in [4.78, 5) is 18.4. The Bertz CT molecular complexity index is 690. The highest BCUT2D eigenvalue weighted by atomic mass is 32.2. The maximum Gasteiger partial charge on any atom is 0.230 e. The molecule has 2 aromatic rings. The highest BCUT2D eigenvalue weighted by molar-refractivity contribution is 8.15. The molecule has 1 unspecified atom stereocenters. The van der Waals surface area contributed by atoms with E-state index >= 15 is 0 Å². The van der Waals surface area contributed by atoms with Crippen molar-refractivity contribution in [3.05, 3.63) is 42.5 Å². The van der Waals surface area contributed by atoms with Gasteiger partial charge in [-0.1, -0.05) is 55.1 Å². The number of nitrogens with zero attached hydrogens (tertiary/aromatic N) is 2. The van der Waals surface area contributed by atoms with Gasteiger partial charge in [0.15, 0.2) is 5.17 Å². The molecule has 0 radical (unpaired) electrons. The van der Waals surface area contributed by atoms with Gasteiger partial charge in [0.25, 0.3) is 0 Å². The molecule has 0 saturated carbocycles. The van der Waals surface area contributed by atoms with Crippen molar-refractivity contribution in [2.24, 2.45) is 4.99 Å². The van der Waals surface area contributed by atoms with Gasteiger partial charge < -0.3 is 0 Å². The Morgan fingerprint density at radius 3 is 2.70 bits per heavy atom. The number of thioether (sulfide) groups is 1. The van der Waals surface area contributed by atoms with Crippen molar-refractivity contribution in [3.8, 4) is 0 Å². The van der Waals surface area contributed by atoms with Crippen molar-refractivity contribution < 1.29 is 4.79 Å². The maximum absolute atomic E-state index is 12.1. The first-order valence-corrected chi connectivity index (χ1v) is 7.54. The van der Waals surface area contributed by atoms with Crippen LogP contribution in [0, 0.1) is 0 Å². The molecule has 1 heterocycles. The fourth-order valence-corrected chi connectivity index (χ4v) is 3.39. The Morgan fingerprint density at radius 1 is 1.25 bits per heavy atom. The van der Waals surface area contributed by atoms with E-state index in [9.17, 15) is 4.79 Å². The minimum absolute atomic E-state index is 0.00158. The Balaban J connectivity index is 2.13. The number of amidine groups is 1. The fourth-order valence-electron chi connectivity index (χ4n) is 2.40. The summed E-state index contributed by atoms with van der Waals surface area (Å²) >= 11 is 1.66. The van der Waals surface area contributed by atoms with Gasteiger partial charge in [0, 0.05) is 17.6 Å². The van der Waals surface area contributed by atoms with E-state index in [2.05, 4.69) is 24.0 Å². The van der Waals surface area contributed by atoms with Crippen LogP contribution < -0.4 is 4.90 Å². The van der Waals surface area contributed by atoms with E-state index in [0.717, 1.165) is 28.2 Å². The van der Waals surface area contributed by atoms with Crippen molar-refractivity contribution in [2.45, 2.75) is 19.1 Å². The van der Waals surface area contributed by atoms with Crippen LogP contribution in [0.4, 0.5) is 5.69 Å². The molecule has 2 aromatic carbocycles. The number of aliphatic imine (C=N–C) groups is 1. The maximum atomic E-state index is 12.1. The molecule has 0 fully saturated rings. The molecule has 0 aromatic heterocycles. The summed E-state index contributed by atoms with van der Waals surface area (Å²) in [5.41, 5.74) is 0.913. The average molecular weight is 284 g/mol. The standard InChI is InChI=1S/C16H16N2OS/c1-11-10-17-16(20-11)18(12(2)19)15-9-5-7-13-6-3-4-8-14(13)15/h3-9,11H,10H2,1-2H3. The van der Waals surface area contributed by atoms with Gasteiger partial charge in [-0.2, -0.15) is 0 Å². The van der Waals surface area contributed by atoms with Gasteiger partial charge in [0.1, 0.15) is 0 Å². The highest BCUT2D eigenvalue weighted by Gasteiger charge is 2.26. The first kappa shape index (κ1) is 13.2. The van der Waals surface area contributed by atoms with Crippen molar-refractivity contribution in [3.63, 3.8) is 0 Å². The van der Waals surface area contributed by atoms with Crippen LogP contribution in [-0.4, -0.2) is 22.9 Å². The minimum atomic E-state index is 0.00158. The third-order valence-corrected chi connectivity index (χ3v) is 4.38. The summed E-state index contributed by atoms with van der Waals surface area (Å²) in [6, 6.07) is 14.1. The number of benzene rings is 2. The van der Waals surface area contributed by atoms with Gasteiger partial charge >= 0.3 is 0 Å². The molecule has 3 rings (SSSR count). The van der Waals surface area contributed by atoms with Crippen LogP contribution in [0.3, 0.4) is 0 Å². The van der Waals surface area contributed by atoms with Gasteiger partial charge in [-0.05, 0) is 11.5 Å². The number of rotatable bonds is 1. The second-order valence-corrected chi connectivity index (χ2v) is 6.31. The molecule has 0 aliphatic carbocycles. The van der Waals surface area contributed by atoms with Crippen LogP contribution >= 0.6 is 11.8 Å². The number of hydrogen-bond acceptors (Lipinski definition) is 3. The average Bonchev–Trinajstić information content (AvgIpc) is 2.85. The monoisotopic (exact) mass is 284 g/mol. The van der Waals surface area contributed by atoms with Gasteiger partial charge in [-0.15, -0.1) is 0 Å². The van der Waals surface area contributed by atoms with Crippen LogP contribution in [0.25, 0.3) is 10.8 Å². The SMILES string of the molecule is CC(=O)N(C1=NCC(C)S1)c1cccc2ccccc12. The van der Waals surface area contributed by atoms with Crippen LogP contribution in [0.2, 0.25) is 0 Å². The van der Waals surface area contributed by atoms with Gasteiger partial charge in [-0.25, -0.2) is 0 Å². The first-order chi connectivity index (χ1) is 9.66. The van der Waals surface area contributed by atoms with Crippen molar-refractivity contribution >= 4 is 39.3 Å². The lowest BCUT2D eigenvalue weighted by Crippen LogP contribution is -2.32. The van der Waals surface area contributed by atoms with E-state index < -0.39 is 0 Å². The Hall–Kier alpha value is -1.81. The zero-order valence-electron chi connectivity index (χ0n) is 11.5. The molecule has 0 spiro atoms.